The first kappa shape index (κ1) is 19.8. The molecule has 2 aromatic carbocycles. The van der Waals surface area contributed by atoms with Crippen molar-refractivity contribution < 1.29 is 28.8 Å². The molecule has 0 N–H and O–H groups in total. The van der Waals surface area contributed by atoms with Crippen LogP contribution in [0, 0.1) is 20.2 Å². The quantitative estimate of drug-likeness (QED) is 0.507. The fourth-order valence-electron chi connectivity index (χ4n) is 2.65. The molecule has 27 heavy (non-hydrogen) atoms. The van der Waals surface area contributed by atoms with Crippen LogP contribution in [0.3, 0.4) is 0 Å². The highest BCUT2D eigenvalue weighted by molar-refractivity contribution is 5.59. The molecule has 10 nitrogen and oxygen atoms in total. The van der Waals surface area contributed by atoms with Crippen molar-refractivity contribution in [2.45, 2.75) is 6.42 Å². The smallest absolute Gasteiger partial charge is 0.276 e. The van der Waals surface area contributed by atoms with E-state index >= 15 is 0 Å². The Kier molecular flexibility index (Phi) is 6.01. The molecule has 0 amide bonds. The van der Waals surface area contributed by atoms with Crippen LogP contribution in [0.5, 0.6) is 23.0 Å². The summed E-state index contributed by atoms with van der Waals surface area (Å²) in [5.74, 6) is 0.937. The molecule has 0 bridgehead atoms. The molecule has 0 spiro atoms. The van der Waals surface area contributed by atoms with Gasteiger partial charge in [-0.05, 0) is 12.1 Å². The first-order chi connectivity index (χ1) is 12.9. The molecular weight excluding hydrogens is 360 g/mol. The zero-order valence-corrected chi connectivity index (χ0v) is 15.2. The topological polar surface area (TPSA) is 123 Å². The summed E-state index contributed by atoms with van der Waals surface area (Å²) in [6.07, 6.45) is -0.0899. The Labute approximate surface area is 154 Å². The lowest BCUT2D eigenvalue weighted by Crippen LogP contribution is -2.03. The molecule has 144 valence electrons. The van der Waals surface area contributed by atoms with Gasteiger partial charge in [-0.2, -0.15) is 0 Å². The second-order valence-corrected chi connectivity index (χ2v) is 5.36. The first-order valence-electron chi connectivity index (χ1n) is 7.64. The molecule has 0 aromatic heterocycles. The largest absolute Gasteiger partial charge is 0.493 e. The van der Waals surface area contributed by atoms with Crippen LogP contribution in [-0.2, 0) is 6.42 Å². The number of hydrogen-bond donors (Lipinski definition) is 0. The van der Waals surface area contributed by atoms with E-state index < -0.39 is 9.85 Å². The minimum absolute atomic E-state index is 0.0899. The summed E-state index contributed by atoms with van der Waals surface area (Å²) in [6, 6.07) is 5.30. The zero-order chi connectivity index (χ0) is 20.1. The normalized spacial score (nSPS) is 10.2. The van der Waals surface area contributed by atoms with Crippen molar-refractivity contribution in [2.24, 2.45) is 0 Å². The molecule has 0 unspecified atom stereocenters. The number of methoxy groups -OCH3 is 4. The van der Waals surface area contributed by atoms with E-state index in [4.69, 9.17) is 18.9 Å². The lowest BCUT2D eigenvalue weighted by atomic mass is 10.0. The molecule has 0 aliphatic rings. The van der Waals surface area contributed by atoms with E-state index in [1.165, 1.54) is 52.7 Å². The second kappa shape index (κ2) is 8.21. The number of rotatable bonds is 8. The van der Waals surface area contributed by atoms with Gasteiger partial charge in [-0.1, -0.05) is 0 Å². The average Bonchev–Trinajstić information content (AvgIpc) is 2.66. The minimum atomic E-state index is -0.579. The third kappa shape index (κ3) is 4.00. The Morgan fingerprint density at radius 2 is 0.963 bits per heavy atom. The number of nitro benzene ring substituents is 2. The molecule has 0 heterocycles. The number of nitro groups is 2. The summed E-state index contributed by atoms with van der Waals surface area (Å²) in [5.41, 5.74) is -0.0191. The fourth-order valence-corrected chi connectivity index (χ4v) is 2.65. The summed E-state index contributed by atoms with van der Waals surface area (Å²) in [4.78, 5) is 21.7. The van der Waals surface area contributed by atoms with Crippen molar-refractivity contribution in [1.82, 2.24) is 0 Å². The van der Waals surface area contributed by atoms with E-state index in [2.05, 4.69) is 0 Å². The third-order valence-corrected chi connectivity index (χ3v) is 3.94. The molecule has 0 atom stereocenters. The maximum atomic E-state index is 11.5. The summed E-state index contributed by atoms with van der Waals surface area (Å²) in [7, 11) is 5.51. The highest BCUT2D eigenvalue weighted by atomic mass is 16.6. The van der Waals surface area contributed by atoms with Gasteiger partial charge in [0.15, 0.2) is 23.0 Å². The van der Waals surface area contributed by atoms with E-state index in [-0.39, 0.29) is 51.9 Å². The molecule has 0 saturated heterocycles. The van der Waals surface area contributed by atoms with Crippen molar-refractivity contribution >= 4 is 11.4 Å². The predicted molar refractivity (Wildman–Crippen MR) is 95.2 cm³/mol. The van der Waals surface area contributed by atoms with Gasteiger partial charge in [0.2, 0.25) is 0 Å². The predicted octanol–water partition coefficient (Wildman–Crippen LogP) is 3.13. The second-order valence-electron chi connectivity index (χ2n) is 5.36. The molecule has 0 radical (unpaired) electrons. The summed E-state index contributed by atoms with van der Waals surface area (Å²) < 4.78 is 20.5. The van der Waals surface area contributed by atoms with Crippen LogP contribution in [0.4, 0.5) is 11.4 Å². The highest BCUT2D eigenvalue weighted by Crippen LogP contribution is 2.39. The Hall–Kier alpha value is -3.56. The van der Waals surface area contributed by atoms with Gasteiger partial charge in [-0.3, -0.25) is 20.2 Å². The van der Waals surface area contributed by atoms with E-state index in [0.29, 0.717) is 0 Å². The SMILES string of the molecule is COc1cc(Cc2cc(OC)c(OC)cc2[N+](=O)[O-])c([N+](=O)[O-])cc1OC. The van der Waals surface area contributed by atoms with E-state index in [1.807, 2.05) is 0 Å². The first-order valence-corrected chi connectivity index (χ1v) is 7.64. The van der Waals surface area contributed by atoms with Crippen molar-refractivity contribution in [2.75, 3.05) is 28.4 Å². The minimum Gasteiger partial charge on any atom is -0.493 e. The van der Waals surface area contributed by atoms with Gasteiger partial charge in [-0.15, -0.1) is 0 Å². The van der Waals surface area contributed by atoms with E-state index in [0.717, 1.165) is 0 Å². The molecule has 2 aromatic rings. The van der Waals surface area contributed by atoms with Crippen LogP contribution in [-0.4, -0.2) is 38.3 Å². The molecule has 0 aliphatic heterocycles. The lowest BCUT2D eigenvalue weighted by Gasteiger charge is -2.13. The van der Waals surface area contributed by atoms with Gasteiger partial charge in [0, 0.05) is 17.5 Å². The van der Waals surface area contributed by atoms with Gasteiger partial charge in [0.05, 0.1) is 50.4 Å². The molecular formula is C17H18N2O8. The Bertz CT molecular complexity index is 810. The molecule has 0 saturated carbocycles. The van der Waals surface area contributed by atoms with E-state index in [9.17, 15) is 20.2 Å². The van der Waals surface area contributed by atoms with Gasteiger partial charge in [0.25, 0.3) is 11.4 Å². The average molecular weight is 378 g/mol. The summed E-state index contributed by atoms with van der Waals surface area (Å²) in [6.45, 7) is 0. The van der Waals surface area contributed by atoms with Crippen LogP contribution in [0.25, 0.3) is 0 Å². The maximum absolute atomic E-state index is 11.5. The van der Waals surface area contributed by atoms with Crippen LogP contribution >= 0.6 is 0 Å². The summed E-state index contributed by atoms with van der Waals surface area (Å²) >= 11 is 0. The van der Waals surface area contributed by atoms with Gasteiger partial charge in [0.1, 0.15) is 0 Å². The Morgan fingerprint density at radius 1 is 0.667 bits per heavy atom. The molecule has 2 rings (SSSR count). The fraction of sp³-hybridized carbons (Fsp3) is 0.294. The monoisotopic (exact) mass is 378 g/mol. The summed E-state index contributed by atoms with van der Waals surface area (Å²) in [5, 5.41) is 22.9. The van der Waals surface area contributed by atoms with Crippen molar-refractivity contribution in [3.63, 3.8) is 0 Å². The molecule has 0 aliphatic carbocycles. The van der Waals surface area contributed by atoms with Gasteiger partial charge >= 0.3 is 0 Å². The Balaban J connectivity index is 2.65. The maximum Gasteiger partial charge on any atom is 0.276 e. The number of hydrogen-bond acceptors (Lipinski definition) is 8. The lowest BCUT2D eigenvalue weighted by molar-refractivity contribution is -0.386. The number of nitrogens with zero attached hydrogens (tertiary/aromatic N) is 2. The third-order valence-electron chi connectivity index (χ3n) is 3.94. The van der Waals surface area contributed by atoms with Crippen LogP contribution < -0.4 is 18.9 Å². The van der Waals surface area contributed by atoms with E-state index in [1.54, 1.807) is 0 Å². The number of benzene rings is 2. The van der Waals surface area contributed by atoms with Crippen molar-refractivity contribution in [1.29, 1.82) is 0 Å². The highest BCUT2D eigenvalue weighted by Gasteiger charge is 2.25. The van der Waals surface area contributed by atoms with Crippen molar-refractivity contribution in [3.05, 3.63) is 55.6 Å². The molecule has 10 heteroatoms. The van der Waals surface area contributed by atoms with Crippen LogP contribution in [0.1, 0.15) is 11.1 Å². The standard InChI is InChI=1S/C17H18N2O8/c1-24-14-6-10(12(18(20)21)8-16(14)26-3)5-11-7-15(25-2)17(27-4)9-13(11)19(22)23/h6-9H,5H2,1-4H3. The van der Waals surface area contributed by atoms with Crippen LogP contribution in [0.15, 0.2) is 24.3 Å². The Morgan fingerprint density at radius 3 is 1.22 bits per heavy atom. The van der Waals surface area contributed by atoms with Crippen molar-refractivity contribution in [3.8, 4) is 23.0 Å². The van der Waals surface area contributed by atoms with Gasteiger partial charge in [-0.25, -0.2) is 0 Å². The van der Waals surface area contributed by atoms with Gasteiger partial charge < -0.3 is 18.9 Å². The van der Waals surface area contributed by atoms with Crippen LogP contribution in [0.2, 0.25) is 0 Å². The molecule has 0 fully saturated rings. The zero-order valence-electron chi connectivity index (χ0n) is 15.2. The number of ether oxygens (including phenoxy) is 4.